The van der Waals surface area contributed by atoms with Gasteiger partial charge in [-0.15, -0.1) is 0 Å². The lowest BCUT2D eigenvalue weighted by Crippen LogP contribution is -2.26. The third kappa shape index (κ3) is 2.02. The van der Waals surface area contributed by atoms with E-state index < -0.39 is 17.1 Å². The summed E-state index contributed by atoms with van der Waals surface area (Å²) in [7, 11) is 0. The first kappa shape index (κ1) is 12.9. The van der Waals surface area contributed by atoms with Crippen LogP contribution in [0.25, 0.3) is 10.9 Å². The number of benzene rings is 1. The van der Waals surface area contributed by atoms with Gasteiger partial charge in [0.15, 0.2) is 6.33 Å². The monoisotopic (exact) mass is 286 g/mol. The number of carboxylic acid groups (broad SMARTS) is 1. The van der Waals surface area contributed by atoms with Crippen LogP contribution in [0, 0.1) is 10.1 Å². The first-order valence-electron chi connectivity index (χ1n) is 6.04. The molecule has 3 rings (SSSR count). The van der Waals surface area contributed by atoms with Crippen molar-refractivity contribution in [3.05, 3.63) is 59.2 Å². The minimum atomic E-state index is -1.27. The molecule has 0 radical (unpaired) electrons. The van der Waals surface area contributed by atoms with Crippen molar-refractivity contribution in [2.24, 2.45) is 0 Å². The van der Waals surface area contributed by atoms with Crippen molar-refractivity contribution in [2.45, 2.75) is 6.17 Å². The molecule has 1 aromatic carbocycles. The van der Waals surface area contributed by atoms with Crippen LogP contribution in [0.15, 0.2) is 49.1 Å². The quantitative estimate of drug-likeness (QED) is 0.582. The smallest absolute Gasteiger partial charge is 0.372 e. The molecule has 0 saturated carbocycles. The van der Waals surface area contributed by atoms with E-state index in [0.29, 0.717) is 5.52 Å². The SMILES string of the molecule is O=C(O)C(n1cncc1[N+](=O)[O-])n1ccc2ccccc21. The van der Waals surface area contributed by atoms with Crippen LogP contribution in [0.3, 0.4) is 0 Å². The molecule has 0 spiro atoms. The van der Waals surface area contributed by atoms with Gasteiger partial charge >= 0.3 is 11.8 Å². The lowest BCUT2D eigenvalue weighted by atomic mass is 10.2. The maximum absolute atomic E-state index is 11.6. The number of carboxylic acids is 1. The van der Waals surface area contributed by atoms with Crippen molar-refractivity contribution in [1.29, 1.82) is 0 Å². The van der Waals surface area contributed by atoms with E-state index in [9.17, 15) is 20.0 Å². The topological polar surface area (TPSA) is 103 Å². The molecule has 0 aliphatic carbocycles. The zero-order valence-corrected chi connectivity index (χ0v) is 10.7. The second-order valence-corrected chi connectivity index (χ2v) is 4.41. The Morgan fingerprint density at radius 1 is 1.29 bits per heavy atom. The van der Waals surface area contributed by atoms with Gasteiger partial charge in [0, 0.05) is 6.20 Å². The predicted octanol–water partition coefficient (Wildman–Crippen LogP) is 1.88. The summed E-state index contributed by atoms with van der Waals surface area (Å²) < 4.78 is 2.49. The molecule has 8 nitrogen and oxygen atoms in total. The van der Waals surface area contributed by atoms with Gasteiger partial charge in [0.05, 0.1) is 5.52 Å². The van der Waals surface area contributed by atoms with Crippen LogP contribution in [0.4, 0.5) is 5.82 Å². The Kier molecular flexibility index (Phi) is 2.90. The Bertz CT molecular complexity index is 835. The van der Waals surface area contributed by atoms with Gasteiger partial charge < -0.3 is 15.2 Å². The predicted molar refractivity (Wildman–Crippen MR) is 72.9 cm³/mol. The van der Waals surface area contributed by atoms with E-state index in [4.69, 9.17) is 0 Å². The van der Waals surface area contributed by atoms with Gasteiger partial charge in [-0.2, -0.15) is 4.57 Å². The molecule has 2 heterocycles. The number of para-hydroxylation sites is 1. The van der Waals surface area contributed by atoms with Crippen LogP contribution >= 0.6 is 0 Å². The Labute approximate surface area is 118 Å². The number of carbonyl (C=O) groups is 1. The molecular weight excluding hydrogens is 276 g/mol. The summed E-state index contributed by atoms with van der Waals surface area (Å²) in [6.07, 6.45) is 2.49. The third-order valence-corrected chi connectivity index (χ3v) is 3.21. The van der Waals surface area contributed by atoms with E-state index in [1.807, 2.05) is 12.1 Å². The summed E-state index contributed by atoms with van der Waals surface area (Å²) in [4.78, 5) is 25.6. The molecule has 1 N–H and O–H groups in total. The molecule has 0 bridgehead atoms. The summed E-state index contributed by atoms with van der Waals surface area (Å²) in [5, 5.41) is 21.3. The molecule has 0 fully saturated rings. The number of imidazole rings is 1. The number of nitrogens with zero attached hydrogens (tertiary/aromatic N) is 4. The molecule has 0 amide bonds. The number of fused-ring (bicyclic) bond motifs is 1. The highest BCUT2D eigenvalue weighted by atomic mass is 16.6. The largest absolute Gasteiger partial charge is 0.477 e. The van der Waals surface area contributed by atoms with Crippen LogP contribution in [0.2, 0.25) is 0 Å². The van der Waals surface area contributed by atoms with Crippen molar-refractivity contribution < 1.29 is 14.8 Å². The lowest BCUT2D eigenvalue weighted by molar-refractivity contribution is -0.392. The molecule has 0 saturated heterocycles. The first-order chi connectivity index (χ1) is 10.1. The summed E-state index contributed by atoms with van der Waals surface area (Å²) in [5.74, 6) is -1.59. The summed E-state index contributed by atoms with van der Waals surface area (Å²) >= 11 is 0. The second kappa shape index (κ2) is 4.75. The van der Waals surface area contributed by atoms with E-state index in [0.717, 1.165) is 22.5 Å². The van der Waals surface area contributed by atoms with Gasteiger partial charge in [0.25, 0.3) is 6.17 Å². The Morgan fingerprint density at radius 3 is 2.76 bits per heavy atom. The van der Waals surface area contributed by atoms with Crippen molar-refractivity contribution in [2.75, 3.05) is 0 Å². The number of hydrogen-bond acceptors (Lipinski definition) is 4. The minimum absolute atomic E-state index is 0.375. The van der Waals surface area contributed by atoms with Gasteiger partial charge in [-0.3, -0.25) is 4.57 Å². The van der Waals surface area contributed by atoms with Crippen molar-refractivity contribution in [3.63, 3.8) is 0 Å². The highest BCUT2D eigenvalue weighted by molar-refractivity contribution is 5.83. The third-order valence-electron chi connectivity index (χ3n) is 3.21. The van der Waals surface area contributed by atoms with E-state index in [2.05, 4.69) is 4.98 Å². The van der Waals surface area contributed by atoms with Gasteiger partial charge in [0.1, 0.15) is 6.20 Å². The second-order valence-electron chi connectivity index (χ2n) is 4.41. The van der Waals surface area contributed by atoms with Crippen LogP contribution in [0.5, 0.6) is 0 Å². The summed E-state index contributed by atoms with van der Waals surface area (Å²) in [6, 6.07) is 8.97. The highest BCUT2D eigenvalue weighted by Gasteiger charge is 2.31. The van der Waals surface area contributed by atoms with Gasteiger partial charge in [-0.25, -0.2) is 9.78 Å². The standard InChI is InChI=1S/C13H10N4O4/c18-13(19)12(16-8-14-7-11(16)17(20)21)15-6-5-9-3-1-2-4-10(9)15/h1-8,12H,(H,18,19). The van der Waals surface area contributed by atoms with Crippen LogP contribution in [-0.4, -0.2) is 30.1 Å². The molecule has 2 aromatic heterocycles. The van der Waals surface area contributed by atoms with E-state index >= 15 is 0 Å². The normalized spacial score (nSPS) is 12.4. The molecule has 1 unspecified atom stereocenters. The van der Waals surface area contributed by atoms with Gasteiger partial charge in [-0.05, 0) is 22.4 Å². The average molecular weight is 286 g/mol. The maximum atomic E-state index is 11.6. The number of aliphatic carboxylic acids is 1. The minimum Gasteiger partial charge on any atom is -0.477 e. The molecule has 0 aliphatic heterocycles. The van der Waals surface area contributed by atoms with E-state index in [1.165, 1.54) is 4.57 Å². The van der Waals surface area contributed by atoms with Crippen LogP contribution in [0.1, 0.15) is 6.17 Å². The number of nitro groups is 1. The molecule has 1 atom stereocenters. The highest BCUT2D eigenvalue weighted by Crippen LogP contribution is 2.25. The Morgan fingerprint density at radius 2 is 2.05 bits per heavy atom. The Hall–Kier alpha value is -3.16. The zero-order chi connectivity index (χ0) is 15.0. The Balaban J connectivity index is 2.21. The summed E-state index contributed by atoms with van der Waals surface area (Å²) in [5.41, 5.74) is 0.674. The molecular formula is C13H10N4O4. The first-order valence-corrected chi connectivity index (χ1v) is 6.04. The number of aromatic nitrogens is 3. The average Bonchev–Trinajstić information content (AvgIpc) is 3.07. The van der Waals surface area contributed by atoms with Crippen LogP contribution < -0.4 is 0 Å². The molecule has 21 heavy (non-hydrogen) atoms. The van der Waals surface area contributed by atoms with E-state index in [1.54, 1.807) is 24.4 Å². The molecule has 8 heteroatoms. The fourth-order valence-electron chi connectivity index (χ4n) is 2.32. The van der Waals surface area contributed by atoms with Crippen molar-refractivity contribution in [1.82, 2.24) is 14.1 Å². The molecule has 3 aromatic rings. The summed E-state index contributed by atoms with van der Waals surface area (Å²) in [6.45, 7) is 0. The molecule has 0 aliphatic rings. The van der Waals surface area contributed by atoms with Gasteiger partial charge in [-0.1, -0.05) is 18.2 Å². The fourth-order valence-corrected chi connectivity index (χ4v) is 2.32. The number of hydrogen-bond donors (Lipinski definition) is 1. The molecule has 106 valence electrons. The maximum Gasteiger partial charge on any atom is 0.372 e. The fraction of sp³-hybridized carbons (Fsp3) is 0.0769. The van der Waals surface area contributed by atoms with Crippen LogP contribution in [-0.2, 0) is 4.79 Å². The van der Waals surface area contributed by atoms with E-state index in [-0.39, 0.29) is 5.82 Å². The lowest BCUT2D eigenvalue weighted by Gasteiger charge is -2.14. The van der Waals surface area contributed by atoms with Crippen molar-refractivity contribution >= 4 is 22.7 Å². The number of rotatable bonds is 4. The van der Waals surface area contributed by atoms with Gasteiger partial charge in [0.2, 0.25) is 0 Å². The zero-order valence-electron chi connectivity index (χ0n) is 10.7. The van der Waals surface area contributed by atoms with Crippen molar-refractivity contribution in [3.8, 4) is 0 Å².